The van der Waals surface area contributed by atoms with Crippen LogP contribution in [0.1, 0.15) is 6.92 Å². The van der Waals surface area contributed by atoms with Gasteiger partial charge in [-0.15, -0.1) is 0 Å². The van der Waals surface area contributed by atoms with E-state index < -0.39 is 0 Å². The third-order valence-corrected chi connectivity index (χ3v) is 2.53. The average molecular weight is 181 g/mol. The first-order valence-electron chi connectivity index (χ1n) is 3.18. The number of rotatable bonds is 1. The lowest BCUT2D eigenvalue weighted by Crippen LogP contribution is -2.23. The molecule has 1 aliphatic heterocycles. The van der Waals surface area contributed by atoms with Crippen molar-refractivity contribution in [2.24, 2.45) is 0 Å². The molecule has 0 fully saturated rings. The molecule has 0 aromatic rings. The zero-order valence-electron chi connectivity index (χ0n) is 6.06. The van der Waals surface area contributed by atoms with Crippen molar-refractivity contribution >= 4 is 23.2 Å². The SMILES string of the molecule is CCN1CN(C)C(Cl)=C1Cl. The Morgan fingerprint density at radius 1 is 1.40 bits per heavy atom. The van der Waals surface area contributed by atoms with Gasteiger partial charge in [0.25, 0.3) is 0 Å². The number of hydrogen-bond acceptors (Lipinski definition) is 2. The molecule has 0 bridgehead atoms. The van der Waals surface area contributed by atoms with Crippen molar-refractivity contribution in [1.29, 1.82) is 0 Å². The topological polar surface area (TPSA) is 6.48 Å². The molecule has 0 N–H and O–H groups in total. The lowest BCUT2D eigenvalue weighted by molar-refractivity contribution is 0.300. The van der Waals surface area contributed by atoms with Gasteiger partial charge in [0.1, 0.15) is 10.3 Å². The van der Waals surface area contributed by atoms with Crippen molar-refractivity contribution in [3.63, 3.8) is 0 Å². The van der Waals surface area contributed by atoms with Gasteiger partial charge in [0, 0.05) is 13.6 Å². The summed E-state index contributed by atoms with van der Waals surface area (Å²) in [5, 5.41) is 1.30. The Hall–Kier alpha value is -0.0800. The molecule has 1 rings (SSSR count). The first-order chi connectivity index (χ1) is 4.66. The van der Waals surface area contributed by atoms with Gasteiger partial charge in [0.05, 0.1) is 6.67 Å². The molecule has 0 radical (unpaired) electrons. The third kappa shape index (κ3) is 1.18. The van der Waals surface area contributed by atoms with Crippen LogP contribution in [0.4, 0.5) is 0 Å². The Labute approximate surface area is 71.0 Å². The van der Waals surface area contributed by atoms with Gasteiger partial charge >= 0.3 is 0 Å². The molecule has 0 aromatic carbocycles. The van der Waals surface area contributed by atoms with Crippen molar-refractivity contribution in [2.75, 3.05) is 20.3 Å². The molecule has 2 nitrogen and oxygen atoms in total. The van der Waals surface area contributed by atoms with Gasteiger partial charge in [-0.05, 0) is 6.92 Å². The van der Waals surface area contributed by atoms with Gasteiger partial charge in [0.2, 0.25) is 0 Å². The Balaban J connectivity index is 2.73. The molecule has 4 heteroatoms. The first kappa shape index (κ1) is 8.02. The van der Waals surface area contributed by atoms with Crippen LogP contribution < -0.4 is 0 Å². The summed E-state index contributed by atoms with van der Waals surface area (Å²) in [5.41, 5.74) is 0. The van der Waals surface area contributed by atoms with Crippen LogP contribution in [-0.4, -0.2) is 30.1 Å². The van der Waals surface area contributed by atoms with Crippen LogP contribution >= 0.6 is 23.2 Å². The Morgan fingerprint density at radius 2 is 2.00 bits per heavy atom. The summed E-state index contributed by atoms with van der Waals surface area (Å²) in [6, 6.07) is 0. The normalized spacial score (nSPS) is 19.2. The predicted octanol–water partition coefficient (Wildman–Crippen LogP) is 1.82. The van der Waals surface area contributed by atoms with E-state index in [1.54, 1.807) is 0 Å². The van der Waals surface area contributed by atoms with E-state index in [-0.39, 0.29) is 0 Å². The van der Waals surface area contributed by atoms with Crippen LogP contribution in [0, 0.1) is 0 Å². The highest BCUT2D eigenvalue weighted by Gasteiger charge is 2.21. The summed E-state index contributed by atoms with van der Waals surface area (Å²) in [4.78, 5) is 3.91. The van der Waals surface area contributed by atoms with Gasteiger partial charge in [-0.3, -0.25) is 0 Å². The molecule has 0 saturated carbocycles. The maximum absolute atomic E-state index is 5.86. The zero-order valence-corrected chi connectivity index (χ0v) is 7.58. The highest BCUT2D eigenvalue weighted by Crippen LogP contribution is 2.27. The second-order valence-electron chi connectivity index (χ2n) is 2.28. The molecule has 58 valence electrons. The summed E-state index contributed by atoms with van der Waals surface area (Å²) >= 11 is 11.7. The van der Waals surface area contributed by atoms with E-state index in [2.05, 4.69) is 0 Å². The number of hydrogen-bond donors (Lipinski definition) is 0. The lowest BCUT2D eigenvalue weighted by Gasteiger charge is -2.16. The van der Waals surface area contributed by atoms with Crippen LogP contribution in [0.2, 0.25) is 0 Å². The van der Waals surface area contributed by atoms with Crippen LogP contribution in [-0.2, 0) is 0 Å². The Bertz CT molecular complexity index is 167. The molecular weight excluding hydrogens is 171 g/mol. The van der Waals surface area contributed by atoms with Crippen molar-refractivity contribution in [3.05, 3.63) is 10.3 Å². The zero-order chi connectivity index (χ0) is 7.72. The number of nitrogens with zero attached hydrogens (tertiary/aromatic N) is 2. The number of halogens is 2. The third-order valence-electron chi connectivity index (χ3n) is 1.55. The van der Waals surface area contributed by atoms with E-state index in [0.29, 0.717) is 10.3 Å². The van der Waals surface area contributed by atoms with Crippen LogP contribution in [0.25, 0.3) is 0 Å². The minimum absolute atomic E-state index is 0.642. The molecule has 0 unspecified atom stereocenters. The lowest BCUT2D eigenvalue weighted by atomic mass is 10.6. The molecule has 0 atom stereocenters. The molecule has 1 heterocycles. The van der Waals surface area contributed by atoms with Crippen LogP contribution in [0.5, 0.6) is 0 Å². The molecule has 10 heavy (non-hydrogen) atoms. The maximum Gasteiger partial charge on any atom is 0.141 e. The molecule has 0 aromatic heterocycles. The van der Waals surface area contributed by atoms with E-state index in [1.165, 1.54) is 0 Å². The van der Waals surface area contributed by atoms with Gasteiger partial charge in [0.15, 0.2) is 0 Å². The average Bonchev–Trinajstić information content (AvgIpc) is 2.17. The first-order valence-corrected chi connectivity index (χ1v) is 3.93. The fourth-order valence-electron chi connectivity index (χ4n) is 0.907. The summed E-state index contributed by atoms with van der Waals surface area (Å²) in [6.07, 6.45) is 0. The Morgan fingerprint density at radius 3 is 2.20 bits per heavy atom. The van der Waals surface area contributed by atoms with Crippen molar-refractivity contribution < 1.29 is 0 Å². The van der Waals surface area contributed by atoms with Crippen molar-refractivity contribution in [2.45, 2.75) is 6.92 Å². The molecule has 0 amide bonds. The largest absolute Gasteiger partial charge is 0.345 e. The van der Waals surface area contributed by atoms with E-state index in [1.807, 2.05) is 23.8 Å². The van der Waals surface area contributed by atoms with Crippen molar-refractivity contribution in [1.82, 2.24) is 9.80 Å². The quantitative estimate of drug-likeness (QED) is 0.569. The minimum Gasteiger partial charge on any atom is -0.345 e. The Kier molecular flexibility index (Phi) is 2.32. The second kappa shape index (κ2) is 2.89. The fraction of sp³-hybridized carbons (Fsp3) is 0.667. The minimum atomic E-state index is 0.642. The smallest absolute Gasteiger partial charge is 0.141 e. The van der Waals surface area contributed by atoms with Gasteiger partial charge < -0.3 is 9.80 Å². The molecular formula is C6H10Cl2N2. The monoisotopic (exact) mass is 180 g/mol. The maximum atomic E-state index is 5.86. The molecule has 1 aliphatic rings. The fourth-order valence-corrected chi connectivity index (χ4v) is 1.40. The summed E-state index contributed by atoms with van der Waals surface area (Å²) < 4.78 is 0. The molecule has 0 saturated heterocycles. The van der Waals surface area contributed by atoms with E-state index in [0.717, 1.165) is 13.2 Å². The summed E-state index contributed by atoms with van der Waals surface area (Å²) in [6.45, 7) is 3.75. The van der Waals surface area contributed by atoms with Gasteiger partial charge in [-0.1, -0.05) is 23.2 Å². The van der Waals surface area contributed by atoms with E-state index in [4.69, 9.17) is 23.2 Å². The van der Waals surface area contributed by atoms with Crippen LogP contribution in [0.3, 0.4) is 0 Å². The molecule has 0 spiro atoms. The van der Waals surface area contributed by atoms with Gasteiger partial charge in [-0.25, -0.2) is 0 Å². The van der Waals surface area contributed by atoms with E-state index >= 15 is 0 Å². The highest BCUT2D eigenvalue weighted by atomic mass is 35.5. The van der Waals surface area contributed by atoms with Gasteiger partial charge in [-0.2, -0.15) is 0 Å². The standard InChI is InChI=1S/C6H10Cl2N2/c1-3-10-4-9(2)5(7)6(10)8/h3-4H2,1-2H3. The second-order valence-corrected chi connectivity index (χ2v) is 2.99. The van der Waals surface area contributed by atoms with Crippen LogP contribution in [0.15, 0.2) is 10.3 Å². The highest BCUT2D eigenvalue weighted by molar-refractivity contribution is 6.38. The predicted molar refractivity (Wildman–Crippen MR) is 43.7 cm³/mol. The molecule has 0 aliphatic carbocycles. The van der Waals surface area contributed by atoms with Crippen molar-refractivity contribution in [3.8, 4) is 0 Å². The van der Waals surface area contributed by atoms with E-state index in [9.17, 15) is 0 Å². The summed E-state index contributed by atoms with van der Waals surface area (Å²) in [5.74, 6) is 0. The summed E-state index contributed by atoms with van der Waals surface area (Å²) in [7, 11) is 1.92.